The lowest BCUT2D eigenvalue weighted by atomic mass is 9.83. The summed E-state index contributed by atoms with van der Waals surface area (Å²) in [6, 6.07) is 9.79. The summed E-state index contributed by atoms with van der Waals surface area (Å²) in [6.07, 6.45) is 1.11. The van der Waals surface area contributed by atoms with Gasteiger partial charge in [-0.2, -0.15) is 0 Å². The van der Waals surface area contributed by atoms with Crippen molar-refractivity contribution in [2.45, 2.75) is 18.9 Å². The number of amides is 2. The Morgan fingerprint density at radius 3 is 2.35 bits per heavy atom. The van der Waals surface area contributed by atoms with Crippen molar-refractivity contribution in [3.63, 3.8) is 0 Å². The topological polar surface area (TPSA) is 43.9 Å². The molecule has 3 rings (SSSR count). The van der Waals surface area contributed by atoms with Crippen LogP contribution in [0.2, 0.25) is 0 Å². The van der Waals surface area contributed by atoms with E-state index in [9.17, 15) is 9.59 Å². The van der Waals surface area contributed by atoms with Crippen molar-refractivity contribution in [3.05, 3.63) is 35.9 Å². The molecule has 2 aliphatic rings. The van der Waals surface area contributed by atoms with Gasteiger partial charge in [0, 0.05) is 39.6 Å². The van der Waals surface area contributed by atoms with Crippen LogP contribution < -0.4 is 0 Å². The van der Waals surface area contributed by atoms with Crippen LogP contribution in [0, 0.1) is 5.92 Å². The predicted octanol–water partition coefficient (Wildman–Crippen LogP) is 1.37. The number of carbonyl (C=O) groups excluding carboxylic acids is 2. The lowest BCUT2D eigenvalue weighted by molar-refractivity contribution is -0.147. The lowest BCUT2D eigenvalue weighted by Gasteiger charge is -2.42. The molecule has 2 fully saturated rings. The van der Waals surface area contributed by atoms with Gasteiger partial charge in [-0.1, -0.05) is 30.3 Å². The second-order valence-electron chi connectivity index (χ2n) is 6.63. The molecule has 1 aromatic rings. The molecular weight excluding hydrogens is 290 g/mol. The quantitative estimate of drug-likeness (QED) is 0.828. The number of rotatable bonds is 2. The molecular formula is C18H25N3O2. The summed E-state index contributed by atoms with van der Waals surface area (Å²) in [5.74, 6) is 0.191. The van der Waals surface area contributed by atoms with Crippen LogP contribution in [0.5, 0.6) is 0 Å². The fourth-order valence-corrected chi connectivity index (χ4v) is 3.66. The van der Waals surface area contributed by atoms with Crippen molar-refractivity contribution < 1.29 is 9.59 Å². The number of hydrogen-bond acceptors (Lipinski definition) is 3. The Bertz CT molecular complexity index is 567. The van der Waals surface area contributed by atoms with Gasteiger partial charge in [0.05, 0.1) is 12.0 Å². The summed E-state index contributed by atoms with van der Waals surface area (Å²) in [5.41, 5.74) is 1.05. The standard InChI is InChI=1S/C18H25N3O2/c1-19-10-12-21(13-11-19)18(23)15-8-9-16(22)20(2)17(15)14-6-4-3-5-7-14/h3-7,15,17H,8-13H2,1-2H3. The molecule has 23 heavy (non-hydrogen) atoms. The Morgan fingerprint density at radius 1 is 1.04 bits per heavy atom. The number of likely N-dealkylation sites (N-methyl/N-ethyl adjacent to an activating group) is 1. The molecule has 2 amide bonds. The molecule has 0 aromatic heterocycles. The van der Waals surface area contributed by atoms with Gasteiger partial charge in [0.25, 0.3) is 0 Å². The second kappa shape index (κ2) is 6.71. The third-order valence-corrected chi connectivity index (χ3v) is 5.13. The fraction of sp³-hybridized carbons (Fsp3) is 0.556. The zero-order chi connectivity index (χ0) is 16.4. The Kier molecular flexibility index (Phi) is 4.66. The zero-order valence-electron chi connectivity index (χ0n) is 13.9. The van der Waals surface area contributed by atoms with Crippen molar-refractivity contribution in [3.8, 4) is 0 Å². The van der Waals surface area contributed by atoms with Crippen molar-refractivity contribution in [1.29, 1.82) is 0 Å². The van der Waals surface area contributed by atoms with Crippen LogP contribution in [0.25, 0.3) is 0 Å². The van der Waals surface area contributed by atoms with Crippen LogP contribution in [0.3, 0.4) is 0 Å². The molecule has 124 valence electrons. The molecule has 2 unspecified atom stereocenters. The maximum Gasteiger partial charge on any atom is 0.228 e. The van der Waals surface area contributed by atoms with Gasteiger partial charge in [0.1, 0.15) is 0 Å². The summed E-state index contributed by atoms with van der Waals surface area (Å²) in [7, 11) is 3.91. The highest BCUT2D eigenvalue weighted by molar-refractivity contribution is 5.85. The Morgan fingerprint density at radius 2 is 1.70 bits per heavy atom. The normalized spacial score (nSPS) is 26.4. The number of benzene rings is 1. The molecule has 1 aromatic carbocycles. The molecule has 0 N–H and O–H groups in total. The van der Waals surface area contributed by atoms with Crippen molar-refractivity contribution >= 4 is 11.8 Å². The van der Waals surface area contributed by atoms with Crippen LogP contribution in [0.1, 0.15) is 24.4 Å². The smallest absolute Gasteiger partial charge is 0.228 e. The van der Waals surface area contributed by atoms with Crippen LogP contribution >= 0.6 is 0 Å². The number of likely N-dealkylation sites (tertiary alicyclic amines) is 1. The minimum absolute atomic E-state index is 0.126. The van der Waals surface area contributed by atoms with E-state index in [1.165, 1.54) is 0 Å². The molecule has 2 heterocycles. The second-order valence-corrected chi connectivity index (χ2v) is 6.63. The first-order valence-corrected chi connectivity index (χ1v) is 8.36. The van der Waals surface area contributed by atoms with E-state index in [4.69, 9.17) is 0 Å². The van der Waals surface area contributed by atoms with Gasteiger partial charge in [-0.3, -0.25) is 9.59 Å². The summed E-state index contributed by atoms with van der Waals surface area (Å²) in [4.78, 5) is 31.2. The van der Waals surface area contributed by atoms with Gasteiger partial charge in [-0.05, 0) is 19.0 Å². The van der Waals surface area contributed by atoms with Gasteiger partial charge < -0.3 is 14.7 Å². The molecule has 0 radical (unpaired) electrons. The minimum atomic E-state index is -0.149. The summed E-state index contributed by atoms with van der Waals surface area (Å²) in [5, 5.41) is 0. The van der Waals surface area contributed by atoms with Crippen LogP contribution in [-0.4, -0.2) is 66.8 Å². The van der Waals surface area contributed by atoms with E-state index in [0.717, 1.165) is 31.7 Å². The summed E-state index contributed by atoms with van der Waals surface area (Å²) >= 11 is 0. The van der Waals surface area contributed by atoms with Crippen LogP contribution in [0.4, 0.5) is 0 Å². The Labute approximate surface area is 137 Å². The van der Waals surface area contributed by atoms with Gasteiger partial charge >= 0.3 is 0 Å². The van der Waals surface area contributed by atoms with E-state index in [1.54, 1.807) is 4.90 Å². The molecule has 2 atom stereocenters. The monoisotopic (exact) mass is 315 g/mol. The minimum Gasteiger partial charge on any atom is -0.340 e. The third-order valence-electron chi connectivity index (χ3n) is 5.13. The van der Waals surface area contributed by atoms with E-state index < -0.39 is 0 Å². The maximum atomic E-state index is 13.1. The van der Waals surface area contributed by atoms with Crippen LogP contribution in [0.15, 0.2) is 30.3 Å². The van der Waals surface area contributed by atoms with E-state index in [-0.39, 0.29) is 23.8 Å². The first kappa shape index (κ1) is 16.0. The third kappa shape index (κ3) is 3.24. The Hall–Kier alpha value is -1.88. The van der Waals surface area contributed by atoms with Gasteiger partial charge in [-0.15, -0.1) is 0 Å². The summed E-state index contributed by atoms with van der Waals surface area (Å²) < 4.78 is 0. The van der Waals surface area contributed by atoms with E-state index in [1.807, 2.05) is 42.3 Å². The largest absolute Gasteiger partial charge is 0.340 e. The lowest BCUT2D eigenvalue weighted by Crippen LogP contribution is -2.52. The maximum absolute atomic E-state index is 13.1. The molecule has 5 nitrogen and oxygen atoms in total. The first-order valence-electron chi connectivity index (χ1n) is 8.36. The molecule has 0 spiro atoms. The van der Waals surface area contributed by atoms with E-state index in [0.29, 0.717) is 12.8 Å². The molecule has 0 aliphatic carbocycles. The predicted molar refractivity (Wildman–Crippen MR) is 88.8 cm³/mol. The fourth-order valence-electron chi connectivity index (χ4n) is 3.66. The van der Waals surface area contributed by atoms with E-state index in [2.05, 4.69) is 11.9 Å². The molecule has 2 saturated heterocycles. The van der Waals surface area contributed by atoms with Crippen molar-refractivity contribution in [2.24, 2.45) is 5.92 Å². The highest BCUT2D eigenvalue weighted by Gasteiger charge is 2.40. The van der Waals surface area contributed by atoms with Gasteiger partial charge in [0.15, 0.2) is 0 Å². The number of nitrogens with zero attached hydrogens (tertiary/aromatic N) is 3. The summed E-state index contributed by atoms with van der Waals surface area (Å²) in [6.45, 7) is 3.41. The highest BCUT2D eigenvalue weighted by atomic mass is 16.2. The molecule has 5 heteroatoms. The molecule has 0 saturated carbocycles. The van der Waals surface area contributed by atoms with Crippen molar-refractivity contribution in [1.82, 2.24) is 14.7 Å². The average Bonchev–Trinajstić information content (AvgIpc) is 2.58. The molecule has 0 bridgehead atoms. The van der Waals surface area contributed by atoms with E-state index >= 15 is 0 Å². The zero-order valence-corrected chi connectivity index (χ0v) is 13.9. The van der Waals surface area contributed by atoms with Gasteiger partial charge in [0.2, 0.25) is 11.8 Å². The Balaban J connectivity index is 1.83. The number of hydrogen-bond donors (Lipinski definition) is 0. The number of piperidine rings is 1. The SMILES string of the molecule is CN1CCN(C(=O)C2CCC(=O)N(C)C2c2ccccc2)CC1. The number of piperazine rings is 1. The first-order chi connectivity index (χ1) is 11.1. The molecule has 2 aliphatic heterocycles. The van der Waals surface area contributed by atoms with Crippen molar-refractivity contribution in [2.75, 3.05) is 40.3 Å². The van der Waals surface area contributed by atoms with Crippen LogP contribution in [-0.2, 0) is 9.59 Å². The number of carbonyl (C=O) groups is 2. The average molecular weight is 315 g/mol. The van der Waals surface area contributed by atoms with Gasteiger partial charge in [-0.25, -0.2) is 0 Å². The highest BCUT2D eigenvalue weighted by Crippen LogP contribution is 2.36.